The summed E-state index contributed by atoms with van der Waals surface area (Å²) < 4.78 is 2.08. The van der Waals surface area contributed by atoms with Crippen molar-refractivity contribution in [2.45, 2.75) is 33.7 Å². The second-order valence-corrected chi connectivity index (χ2v) is 5.26. The van der Waals surface area contributed by atoms with Crippen LogP contribution in [0.3, 0.4) is 0 Å². The van der Waals surface area contributed by atoms with E-state index in [-0.39, 0.29) is 0 Å². The van der Waals surface area contributed by atoms with Gasteiger partial charge in [0.2, 0.25) is 0 Å². The summed E-state index contributed by atoms with van der Waals surface area (Å²) in [4.78, 5) is 11.6. The summed E-state index contributed by atoms with van der Waals surface area (Å²) >= 11 is 0. The fraction of sp³-hybridized carbons (Fsp3) is 0.400. The molecular weight excluding hydrogens is 264 g/mol. The van der Waals surface area contributed by atoms with Gasteiger partial charge < -0.3 is 10.3 Å². The van der Waals surface area contributed by atoms with E-state index in [2.05, 4.69) is 50.8 Å². The Balaban J connectivity index is 1.59. The Morgan fingerprint density at radius 3 is 2.86 bits per heavy atom. The molecule has 2 N–H and O–H groups in total. The largest absolute Gasteiger partial charge is 0.369 e. The minimum absolute atomic E-state index is 0.856. The van der Waals surface area contributed by atoms with Crippen LogP contribution in [0.5, 0.6) is 0 Å². The number of aromatic amines is 1. The molecule has 0 unspecified atom stereocenters. The fourth-order valence-electron chi connectivity index (χ4n) is 2.45. The van der Waals surface area contributed by atoms with Gasteiger partial charge in [0.15, 0.2) is 0 Å². The van der Waals surface area contributed by atoms with Gasteiger partial charge in [-0.1, -0.05) is 0 Å². The molecule has 0 spiro atoms. The van der Waals surface area contributed by atoms with Crippen molar-refractivity contribution in [3.05, 3.63) is 35.5 Å². The molecule has 0 bridgehead atoms. The highest BCUT2D eigenvalue weighted by atomic mass is 15.3. The molecule has 3 heterocycles. The zero-order valence-electron chi connectivity index (χ0n) is 12.6. The number of nitrogens with zero attached hydrogens (tertiary/aromatic N) is 4. The van der Waals surface area contributed by atoms with Gasteiger partial charge in [0.1, 0.15) is 17.8 Å². The molecule has 6 nitrogen and oxygen atoms in total. The van der Waals surface area contributed by atoms with Crippen LogP contribution in [0.2, 0.25) is 0 Å². The van der Waals surface area contributed by atoms with Crippen LogP contribution in [-0.4, -0.2) is 31.3 Å². The van der Waals surface area contributed by atoms with E-state index in [0.29, 0.717) is 0 Å². The van der Waals surface area contributed by atoms with Gasteiger partial charge in [-0.25, -0.2) is 9.97 Å². The second kappa shape index (κ2) is 5.55. The summed E-state index contributed by atoms with van der Waals surface area (Å²) in [5.41, 5.74) is 4.52. The molecule has 110 valence electrons. The van der Waals surface area contributed by atoms with Crippen LogP contribution in [0.1, 0.15) is 23.4 Å². The van der Waals surface area contributed by atoms with E-state index >= 15 is 0 Å². The molecule has 21 heavy (non-hydrogen) atoms. The molecule has 0 saturated heterocycles. The molecule has 0 aliphatic heterocycles. The Morgan fingerprint density at radius 1 is 1.24 bits per heavy atom. The Labute approximate surface area is 123 Å². The van der Waals surface area contributed by atoms with Gasteiger partial charge in [-0.05, 0) is 38.8 Å². The zero-order valence-corrected chi connectivity index (χ0v) is 12.6. The summed E-state index contributed by atoms with van der Waals surface area (Å²) in [6.45, 7) is 8.07. The predicted molar refractivity (Wildman–Crippen MR) is 83.4 cm³/mol. The third kappa shape index (κ3) is 2.61. The average Bonchev–Trinajstić information content (AvgIpc) is 3.05. The fourth-order valence-corrected chi connectivity index (χ4v) is 2.45. The molecule has 3 rings (SSSR count). The van der Waals surface area contributed by atoms with Gasteiger partial charge in [0.25, 0.3) is 0 Å². The SMILES string of the molecule is Cc1nn(CCCNc2ncnc3[nH]ccc23)c(C)c1C. The van der Waals surface area contributed by atoms with Crippen molar-refractivity contribution >= 4 is 16.9 Å². The number of fused-ring (bicyclic) bond motifs is 1. The van der Waals surface area contributed by atoms with Crippen LogP contribution in [0.25, 0.3) is 11.0 Å². The summed E-state index contributed by atoms with van der Waals surface area (Å²) in [6, 6.07) is 1.99. The number of hydrogen-bond donors (Lipinski definition) is 2. The third-order valence-corrected chi connectivity index (χ3v) is 3.94. The van der Waals surface area contributed by atoms with Crippen molar-refractivity contribution in [1.82, 2.24) is 24.7 Å². The van der Waals surface area contributed by atoms with E-state index in [4.69, 9.17) is 0 Å². The maximum absolute atomic E-state index is 4.55. The van der Waals surface area contributed by atoms with Gasteiger partial charge in [-0.15, -0.1) is 0 Å². The molecule has 0 aliphatic carbocycles. The summed E-state index contributed by atoms with van der Waals surface area (Å²) in [5, 5.41) is 8.95. The molecule has 0 atom stereocenters. The highest BCUT2D eigenvalue weighted by Crippen LogP contribution is 2.17. The quantitative estimate of drug-likeness (QED) is 0.706. The Bertz CT molecular complexity index is 755. The Morgan fingerprint density at radius 2 is 2.10 bits per heavy atom. The molecule has 6 heteroatoms. The Hall–Kier alpha value is -2.37. The number of nitrogens with one attached hydrogen (secondary N) is 2. The number of aromatic nitrogens is 5. The first-order valence-electron chi connectivity index (χ1n) is 7.19. The average molecular weight is 284 g/mol. The van der Waals surface area contributed by atoms with E-state index in [1.807, 2.05) is 12.3 Å². The van der Waals surface area contributed by atoms with Gasteiger partial charge >= 0.3 is 0 Å². The van der Waals surface area contributed by atoms with Gasteiger partial charge in [-0.3, -0.25) is 4.68 Å². The van der Waals surface area contributed by atoms with Crippen LogP contribution >= 0.6 is 0 Å². The molecule has 0 amide bonds. The highest BCUT2D eigenvalue weighted by Gasteiger charge is 2.07. The third-order valence-electron chi connectivity index (χ3n) is 3.94. The summed E-state index contributed by atoms with van der Waals surface area (Å²) in [7, 11) is 0. The molecular formula is C15H20N6. The lowest BCUT2D eigenvalue weighted by atomic mass is 10.2. The van der Waals surface area contributed by atoms with Crippen molar-refractivity contribution in [1.29, 1.82) is 0 Å². The van der Waals surface area contributed by atoms with Crippen molar-refractivity contribution in [2.75, 3.05) is 11.9 Å². The van der Waals surface area contributed by atoms with E-state index in [1.54, 1.807) is 6.33 Å². The molecule has 0 aromatic carbocycles. The maximum atomic E-state index is 4.55. The Kier molecular flexibility index (Phi) is 3.60. The molecule has 0 saturated carbocycles. The lowest BCUT2D eigenvalue weighted by Crippen LogP contribution is -2.10. The standard InChI is InChI=1S/C15H20N6/c1-10-11(2)20-21(12(10)3)8-4-6-16-14-13-5-7-17-15(13)19-9-18-14/h5,7,9H,4,6,8H2,1-3H3,(H2,16,17,18,19). The highest BCUT2D eigenvalue weighted by molar-refractivity contribution is 5.86. The van der Waals surface area contributed by atoms with E-state index in [0.717, 1.165) is 42.1 Å². The molecule has 3 aromatic rings. The number of H-pyrrole nitrogens is 1. The normalized spacial score (nSPS) is 11.2. The molecule has 0 fully saturated rings. The van der Waals surface area contributed by atoms with E-state index < -0.39 is 0 Å². The first-order valence-corrected chi connectivity index (χ1v) is 7.19. The molecule has 3 aromatic heterocycles. The van der Waals surface area contributed by atoms with Crippen molar-refractivity contribution < 1.29 is 0 Å². The molecule has 0 aliphatic rings. The van der Waals surface area contributed by atoms with Gasteiger partial charge in [0.05, 0.1) is 11.1 Å². The van der Waals surface area contributed by atoms with Crippen LogP contribution in [0.15, 0.2) is 18.6 Å². The van der Waals surface area contributed by atoms with E-state index in [1.165, 1.54) is 11.3 Å². The number of rotatable bonds is 5. The lowest BCUT2D eigenvalue weighted by molar-refractivity contribution is 0.573. The van der Waals surface area contributed by atoms with Crippen LogP contribution < -0.4 is 5.32 Å². The van der Waals surface area contributed by atoms with E-state index in [9.17, 15) is 0 Å². The lowest BCUT2D eigenvalue weighted by Gasteiger charge is -2.07. The van der Waals surface area contributed by atoms with Crippen LogP contribution in [0.4, 0.5) is 5.82 Å². The predicted octanol–water partition coefficient (Wildman–Crippen LogP) is 2.58. The van der Waals surface area contributed by atoms with Crippen LogP contribution in [0, 0.1) is 20.8 Å². The van der Waals surface area contributed by atoms with Crippen molar-refractivity contribution in [2.24, 2.45) is 0 Å². The van der Waals surface area contributed by atoms with Gasteiger partial charge in [-0.2, -0.15) is 5.10 Å². The maximum Gasteiger partial charge on any atom is 0.142 e. The zero-order chi connectivity index (χ0) is 14.8. The number of hydrogen-bond acceptors (Lipinski definition) is 4. The summed E-state index contributed by atoms with van der Waals surface area (Å²) in [5.74, 6) is 0.880. The van der Waals surface area contributed by atoms with Crippen LogP contribution in [-0.2, 0) is 6.54 Å². The molecule has 0 radical (unpaired) electrons. The monoisotopic (exact) mass is 284 g/mol. The second-order valence-electron chi connectivity index (χ2n) is 5.26. The van der Waals surface area contributed by atoms with Gasteiger partial charge in [0, 0.05) is 25.0 Å². The first-order chi connectivity index (χ1) is 10.2. The summed E-state index contributed by atoms with van der Waals surface area (Å²) in [6.07, 6.45) is 4.45. The number of anilines is 1. The smallest absolute Gasteiger partial charge is 0.142 e. The minimum Gasteiger partial charge on any atom is -0.369 e. The number of aryl methyl sites for hydroxylation is 2. The topological polar surface area (TPSA) is 71.4 Å². The minimum atomic E-state index is 0.856. The first kappa shape index (κ1) is 13.6. The van der Waals surface area contributed by atoms with Crippen molar-refractivity contribution in [3.8, 4) is 0 Å². The van der Waals surface area contributed by atoms with Crippen molar-refractivity contribution in [3.63, 3.8) is 0 Å².